The van der Waals surface area contributed by atoms with Crippen molar-refractivity contribution < 1.29 is 17.9 Å². The molecule has 2 atom stereocenters. The van der Waals surface area contributed by atoms with E-state index < -0.39 is 17.5 Å². The van der Waals surface area contributed by atoms with Crippen LogP contribution in [-0.4, -0.2) is 41.1 Å². The van der Waals surface area contributed by atoms with Gasteiger partial charge in [-0.2, -0.15) is 13.2 Å². The van der Waals surface area contributed by atoms with E-state index in [4.69, 9.17) is 0 Å². The van der Waals surface area contributed by atoms with Crippen LogP contribution >= 0.6 is 34.4 Å². The van der Waals surface area contributed by atoms with Gasteiger partial charge in [-0.05, 0) is 53.6 Å². The fraction of sp³-hybridized carbons (Fsp3) is 0.647. The molecule has 2 aliphatic rings. The molecule has 1 saturated heterocycles. The maximum Gasteiger partial charge on any atom is 0.440 e. The Morgan fingerprint density at radius 1 is 1.23 bits per heavy atom. The first-order valence-electron chi connectivity index (χ1n) is 8.84. The lowest BCUT2D eigenvalue weighted by atomic mass is 10.0. The molecule has 1 aromatic rings. The van der Waals surface area contributed by atoms with Crippen LogP contribution in [0.1, 0.15) is 32.1 Å². The third-order valence-corrected chi connectivity index (χ3v) is 6.89. The molecule has 1 aromatic carbocycles. The number of thioether (sulfide) groups is 1. The number of hydrogen-bond acceptors (Lipinski definition) is 4. The number of benzene rings is 1. The number of halogens is 4. The van der Waals surface area contributed by atoms with Crippen LogP contribution < -0.4 is 10.5 Å². The van der Waals surface area contributed by atoms with Crippen LogP contribution in [0.25, 0.3) is 0 Å². The monoisotopic (exact) mass is 501 g/mol. The molecule has 0 spiro atoms. The molecule has 1 aliphatic carbocycles. The zero-order valence-corrected chi connectivity index (χ0v) is 17.3. The molecule has 146 valence electrons. The van der Waals surface area contributed by atoms with E-state index in [9.17, 15) is 18.4 Å². The molecule has 1 aliphatic heterocycles. The molecule has 0 amide bonds. The van der Waals surface area contributed by atoms with Crippen molar-refractivity contribution >= 4 is 40.0 Å². The minimum absolute atomic E-state index is 0.0684. The predicted octanol–water partition coefficient (Wildman–Crippen LogP) is 4.84. The average molecular weight is 501 g/mol. The SMILES string of the molecule is [O-][N+]1(CC(F)(F)F)CC(SC2CCCCC2)CN(c2cccc(I)c2)N1. The molecule has 0 radical (unpaired) electrons. The van der Waals surface area contributed by atoms with Gasteiger partial charge in [0.25, 0.3) is 0 Å². The highest BCUT2D eigenvalue weighted by Gasteiger charge is 2.43. The van der Waals surface area contributed by atoms with Crippen molar-refractivity contribution in [3.63, 3.8) is 0 Å². The lowest BCUT2D eigenvalue weighted by Gasteiger charge is -2.51. The van der Waals surface area contributed by atoms with Crippen molar-refractivity contribution in [2.45, 2.75) is 48.8 Å². The fourth-order valence-electron chi connectivity index (χ4n) is 3.65. The van der Waals surface area contributed by atoms with E-state index in [1.54, 1.807) is 16.8 Å². The van der Waals surface area contributed by atoms with Crippen molar-refractivity contribution in [2.24, 2.45) is 0 Å². The van der Waals surface area contributed by atoms with Gasteiger partial charge < -0.3 is 5.21 Å². The molecule has 1 heterocycles. The van der Waals surface area contributed by atoms with Gasteiger partial charge in [-0.25, -0.2) is 0 Å². The number of alkyl halides is 3. The Hall–Kier alpha value is -0.230. The third kappa shape index (κ3) is 5.88. The zero-order valence-electron chi connectivity index (χ0n) is 14.3. The topological polar surface area (TPSA) is 38.3 Å². The molecule has 26 heavy (non-hydrogen) atoms. The Bertz CT molecular complexity index is 615. The Morgan fingerprint density at radius 2 is 1.96 bits per heavy atom. The van der Waals surface area contributed by atoms with Crippen molar-refractivity contribution in [3.05, 3.63) is 33.0 Å². The molecule has 3 rings (SSSR count). The summed E-state index contributed by atoms with van der Waals surface area (Å²) < 4.78 is 38.5. The van der Waals surface area contributed by atoms with Gasteiger partial charge in [-0.15, -0.1) is 11.8 Å². The highest BCUT2D eigenvalue weighted by molar-refractivity contribution is 14.1. The molecule has 0 bridgehead atoms. The molecule has 9 heteroatoms. The van der Waals surface area contributed by atoms with Gasteiger partial charge in [0.1, 0.15) is 6.54 Å². The van der Waals surface area contributed by atoms with E-state index in [-0.39, 0.29) is 11.8 Å². The van der Waals surface area contributed by atoms with Crippen LogP contribution in [-0.2, 0) is 0 Å². The van der Waals surface area contributed by atoms with Gasteiger partial charge >= 0.3 is 6.18 Å². The largest absolute Gasteiger partial charge is 0.610 e. The summed E-state index contributed by atoms with van der Waals surface area (Å²) in [5.41, 5.74) is 3.30. The molecule has 2 fully saturated rings. The first-order chi connectivity index (χ1) is 12.2. The zero-order chi connectivity index (χ0) is 18.8. The van der Waals surface area contributed by atoms with Gasteiger partial charge in [0, 0.05) is 8.82 Å². The smallest absolute Gasteiger partial charge is 0.440 e. The number of anilines is 1. The number of hydrazine groups is 1. The minimum Gasteiger partial charge on any atom is -0.610 e. The van der Waals surface area contributed by atoms with Crippen LogP contribution in [0.3, 0.4) is 0 Å². The number of hydrogen-bond donors (Lipinski definition) is 1. The van der Waals surface area contributed by atoms with Crippen LogP contribution in [0.15, 0.2) is 24.3 Å². The summed E-state index contributed by atoms with van der Waals surface area (Å²) in [7, 11) is 0. The van der Waals surface area contributed by atoms with E-state index in [0.29, 0.717) is 11.8 Å². The summed E-state index contributed by atoms with van der Waals surface area (Å²) >= 11 is 3.87. The van der Waals surface area contributed by atoms with Gasteiger partial charge in [-0.1, -0.05) is 30.9 Å². The Balaban J connectivity index is 1.78. The molecule has 2 unspecified atom stereocenters. The summed E-state index contributed by atoms with van der Waals surface area (Å²) in [4.78, 5) is 0. The normalized spacial score (nSPS) is 28.3. The molecule has 0 aromatic heterocycles. The quantitative estimate of drug-likeness (QED) is 0.364. The van der Waals surface area contributed by atoms with Crippen molar-refractivity contribution in [1.29, 1.82) is 0 Å². The highest BCUT2D eigenvalue weighted by atomic mass is 127. The van der Waals surface area contributed by atoms with Gasteiger partial charge in [0.2, 0.25) is 0 Å². The van der Waals surface area contributed by atoms with E-state index in [1.807, 2.05) is 24.3 Å². The number of nitrogens with one attached hydrogen (secondary N) is 1. The summed E-state index contributed by atoms with van der Waals surface area (Å²) in [5.74, 6) is 0. The second-order valence-electron chi connectivity index (χ2n) is 7.05. The number of rotatable bonds is 4. The Kier molecular flexibility index (Phi) is 6.64. The van der Waals surface area contributed by atoms with Crippen molar-refractivity contribution in [1.82, 2.24) is 5.53 Å². The molecular formula is C17H23F3IN3OS. The van der Waals surface area contributed by atoms with Gasteiger partial charge in [0.05, 0.1) is 17.5 Å². The maximum atomic E-state index is 13.0. The minimum atomic E-state index is -4.51. The summed E-state index contributed by atoms with van der Waals surface area (Å²) in [6, 6.07) is 7.46. The lowest BCUT2D eigenvalue weighted by Crippen LogP contribution is -2.71. The Morgan fingerprint density at radius 3 is 2.62 bits per heavy atom. The molecule has 1 N–H and O–H groups in total. The van der Waals surface area contributed by atoms with Crippen LogP contribution in [0.2, 0.25) is 0 Å². The first kappa shape index (κ1) is 20.5. The highest BCUT2D eigenvalue weighted by Crippen LogP contribution is 2.35. The molecule has 1 saturated carbocycles. The fourth-order valence-corrected chi connectivity index (χ4v) is 5.89. The number of quaternary nitrogens is 1. The van der Waals surface area contributed by atoms with E-state index >= 15 is 0 Å². The summed E-state index contributed by atoms with van der Waals surface area (Å²) in [6.45, 7) is -0.961. The first-order valence-corrected chi connectivity index (χ1v) is 10.9. The lowest BCUT2D eigenvalue weighted by molar-refractivity contribution is -0.937. The van der Waals surface area contributed by atoms with Crippen LogP contribution in [0.4, 0.5) is 18.9 Å². The average Bonchev–Trinajstić information content (AvgIpc) is 2.53. The standard InChI is InChI=1S/C17H23F3IN3OS/c18-17(19,20)12-24(25)11-16(26-15-7-2-1-3-8-15)10-23(22-24)14-6-4-5-13(21)9-14/h4-6,9,15-16,22H,1-3,7-8,10-12H2. The Labute approximate surface area is 169 Å². The van der Waals surface area contributed by atoms with Crippen LogP contribution in [0, 0.1) is 8.78 Å². The number of nitrogens with zero attached hydrogens (tertiary/aromatic N) is 2. The van der Waals surface area contributed by atoms with E-state index in [2.05, 4.69) is 28.1 Å². The van der Waals surface area contributed by atoms with E-state index in [0.717, 1.165) is 22.1 Å². The van der Waals surface area contributed by atoms with Gasteiger partial charge in [-0.3, -0.25) is 9.76 Å². The van der Waals surface area contributed by atoms with E-state index in [1.165, 1.54) is 19.3 Å². The maximum absolute atomic E-state index is 13.0. The van der Waals surface area contributed by atoms with Crippen LogP contribution in [0.5, 0.6) is 0 Å². The molecule has 4 nitrogen and oxygen atoms in total. The molecular weight excluding hydrogens is 478 g/mol. The number of hydroxylamine groups is 2. The van der Waals surface area contributed by atoms with Crippen molar-refractivity contribution in [2.75, 3.05) is 24.6 Å². The third-order valence-electron chi connectivity index (χ3n) is 4.68. The predicted molar refractivity (Wildman–Crippen MR) is 107 cm³/mol. The van der Waals surface area contributed by atoms with Gasteiger partial charge in [0.15, 0.2) is 6.54 Å². The summed E-state index contributed by atoms with van der Waals surface area (Å²) in [6.07, 6.45) is 1.24. The second kappa shape index (κ2) is 8.42. The van der Waals surface area contributed by atoms with Crippen molar-refractivity contribution in [3.8, 4) is 0 Å². The second-order valence-corrected chi connectivity index (χ2v) is 9.90. The summed E-state index contributed by atoms with van der Waals surface area (Å²) in [5, 5.41) is 14.8.